The molecule has 25 heavy (non-hydrogen) atoms. The first kappa shape index (κ1) is 17.9. The van der Waals surface area contributed by atoms with Crippen LogP contribution < -0.4 is 10.1 Å². The second-order valence-electron chi connectivity index (χ2n) is 4.64. The van der Waals surface area contributed by atoms with Gasteiger partial charge >= 0.3 is 0 Å². The van der Waals surface area contributed by atoms with Gasteiger partial charge in [-0.25, -0.2) is 4.39 Å². The van der Waals surface area contributed by atoms with Crippen LogP contribution in [0.5, 0.6) is 5.75 Å². The van der Waals surface area contributed by atoms with Crippen LogP contribution in [0.1, 0.15) is 0 Å². The van der Waals surface area contributed by atoms with Gasteiger partial charge in [0.05, 0.1) is 4.92 Å². The second-order valence-corrected chi connectivity index (χ2v) is 4.64. The monoisotopic (exact) mass is 347 g/mol. The van der Waals surface area contributed by atoms with Gasteiger partial charge in [-0.1, -0.05) is 23.4 Å². The van der Waals surface area contributed by atoms with E-state index in [-0.39, 0.29) is 30.3 Å². The number of anilines is 1. The van der Waals surface area contributed by atoms with Gasteiger partial charge in [-0.3, -0.25) is 14.9 Å². The number of benzene rings is 2. The number of amides is 1. The lowest BCUT2D eigenvalue weighted by Crippen LogP contribution is -2.13. The topological polar surface area (TPSA) is 103 Å². The number of nitrogens with one attached hydrogen (secondary N) is 1. The Balaban J connectivity index is 1.71. The second kappa shape index (κ2) is 8.96. The molecule has 0 atom stereocenters. The Hall–Kier alpha value is -3.49. The molecule has 0 aromatic heterocycles. The minimum Gasteiger partial charge on any atom is -0.487 e. The zero-order valence-corrected chi connectivity index (χ0v) is 12.9. The van der Waals surface area contributed by atoms with Crippen LogP contribution in [0.15, 0.2) is 53.7 Å². The standard InChI is InChI=1S/C16H14FN3O5/c17-14-6-1-2-7-15(14)24-8-9-25-18-11-16(21)19-12-4-3-5-13(10-12)20(22)23/h1-7,10-11H,8-9H2,(H,19,21)/b18-11-. The van der Waals surface area contributed by atoms with Crippen molar-refractivity contribution < 1.29 is 23.7 Å². The molecular formula is C16H14FN3O5. The number of nitro groups is 1. The summed E-state index contributed by atoms with van der Waals surface area (Å²) in [6.07, 6.45) is 0.877. The zero-order valence-electron chi connectivity index (χ0n) is 12.9. The summed E-state index contributed by atoms with van der Waals surface area (Å²) in [6.45, 7) is 0.0553. The van der Waals surface area contributed by atoms with E-state index in [1.165, 1.54) is 36.4 Å². The average molecular weight is 347 g/mol. The zero-order chi connectivity index (χ0) is 18.1. The van der Waals surface area contributed by atoms with Crippen molar-refractivity contribution in [3.05, 3.63) is 64.5 Å². The van der Waals surface area contributed by atoms with Crippen LogP contribution in [-0.2, 0) is 9.63 Å². The molecule has 2 aromatic rings. The largest absolute Gasteiger partial charge is 0.487 e. The van der Waals surface area contributed by atoms with E-state index < -0.39 is 16.6 Å². The van der Waals surface area contributed by atoms with Crippen LogP contribution in [0, 0.1) is 15.9 Å². The third-order valence-electron chi connectivity index (χ3n) is 2.84. The quantitative estimate of drug-likeness (QED) is 0.342. The molecule has 0 heterocycles. The molecule has 0 bridgehead atoms. The van der Waals surface area contributed by atoms with E-state index in [0.717, 1.165) is 6.21 Å². The van der Waals surface area contributed by atoms with Gasteiger partial charge in [0.1, 0.15) is 12.8 Å². The van der Waals surface area contributed by atoms with Crippen molar-refractivity contribution >= 4 is 23.5 Å². The molecule has 1 N–H and O–H groups in total. The van der Waals surface area contributed by atoms with E-state index in [4.69, 9.17) is 9.57 Å². The van der Waals surface area contributed by atoms with Crippen LogP contribution in [0.25, 0.3) is 0 Å². The SMILES string of the molecule is O=C(/C=N\OCCOc1ccccc1F)Nc1cccc([N+](=O)[O-])c1. The summed E-state index contributed by atoms with van der Waals surface area (Å²) in [5, 5.41) is 16.5. The third-order valence-corrected chi connectivity index (χ3v) is 2.84. The molecule has 0 aliphatic heterocycles. The molecule has 0 aliphatic rings. The first-order valence-electron chi connectivity index (χ1n) is 7.14. The lowest BCUT2D eigenvalue weighted by Gasteiger charge is -2.05. The predicted octanol–water partition coefficient (Wildman–Crippen LogP) is 2.75. The molecule has 0 fully saturated rings. The first-order valence-corrected chi connectivity index (χ1v) is 7.14. The van der Waals surface area contributed by atoms with Crippen molar-refractivity contribution in [3.8, 4) is 5.75 Å². The van der Waals surface area contributed by atoms with Gasteiger partial charge in [0, 0.05) is 17.8 Å². The molecule has 0 unspecified atom stereocenters. The normalized spacial score (nSPS) is 10.4. The van der Waals surface area contributed by atoms with Gasteiger partial charge in [0.2, 0.25) is 0 Å². The highest BCUT2D eigenvalue weighted by Gasteiger charge is 2.07. The number of hydrogen-bond acceptors (Lipinski definition) is 6. The summed E-state index contributed by atoms with van der Waals surface area (Å²) in [6, 6.07) is 11.4. The number of non-ortho nitro benzene ring substituents is 1. The number of nitro benzene ring substituents is 1. The fourth-order valence-electron chi connectivity index (χ4n) is 1.76. The number of para-hydroxylation sites is 1. The van der Waals surface area contributed by atoms with Crippen LogP contribution in [0.3, 0.4) is 0 Å². The van der Waals surface area contributed by atoms with Crippen molar-refractivity contribution in [1.82, 2.24) is 0 Å². The third kappa shape index (κ3) is 5.90. The van der Waals surface area contributed by atoms with E-state index in [9.17, 15) is 19.3 Å². The van der Waals surface area contributed by atoms with Crippen LogP contribution in [0.4, 0.5) is 15.8 Å². The molecule has 2 rings (SSSR count). The number of oxime groups is 1. The highest BCUT2D eigenvalue weighted by atomic mass is 19.1. The maximum Gasteiger partial charge on any atom is 0.271 e. The lowest BCUT2D eigenvalue weighted by molar-refractivity contribution is -0.384. The van der Waals surface area contributed by atoms with Gasteiger partial charge in [0.15, 0.2) is 18.2 Å². The summed E-state index contributed by atoms with van der Waals surface area (Å²) >= 11 is 0. The van der Waals surface area contributed by atoms with Crippen LogP contribution in [0.2, 0.25) is 0 Å². The summed E-state index contributed by atoms with van der Waals surface area (Å²) < 4.78 is 18.4. The molecule has 8 nitrogen and oxygen atoms in total. The number of rotatable bonds is 8. The molecule has 1 amide bonds. The van der Waals surface area contributed by atoms with Gasteiger partial charge in [-0.2, -0.15) is 0 Å². The van der Waals surface area contributed by atoms with Crippen molar-refractivity contribution in [2.24, 2.45) is 5.16 Å². The number of nitrogens with zero attached hydrogens (tertiary/aromatic N) is 2. The van der Waals surface area contributed by atoms with Gasteiger partial charge in [0.25, 0.3) is 11.6 Å². The number of carbonyl (C=O) groups excluding carboxylic acids is 1. The minimum absolute atomic E-state index is 0.00885. The molecule has 0 saturated carbocycles. The number of halogens is 1. The summed E-state index contributed by atoms with van der Waals surface area (Å²) in [4.78, 5) is 26.5. The Labute approximate surface area is 142 Å². The Morgan fingerprint density at radius 2 is 2.04 bits per heavy atom. The van der Waals surface area contributed by atoms with E-state index >= 15 is 0 Å². The first-order chi connectivity index (χ1) is 12.1. The highest BCUT2D eigenvalue weighted by Crippen LogP contribution is 2.17. The number of carbonyl (C=O) groups is 1. The highest BCUT2D eigenvalue weighted by molar-refractivity contribution is 6.31. The van der Waals surface area contributed by atoms with Gasteiger partial charge < -0.3 is 14.9 Å². The van der Waals surface area contributed by atoms with E-state index in [1.54, 1.807) is 12.1 Å². The number of hydrogen-bond donors (Lipinski definition) is 1. The molecule has 0 aliphatic carbocycles. The van der Waals surface area contributed by atoms with Gasteiger partial charge in [-0.15, -0.1) is 0 Å². The molecular weight excluding hydrogens is 333 g/mol. The van der Waals surface area contributed by atoms with Crippen molar-refractivity contribution in [2.75, 3.05) is 18.5 Å². The molecule has 2 aromatic carbocycles. The maximum atomic E-state index is 13.3. The lowest BCUT2D eigenvalue weighted by atomic mass is 10.3. The van der Waals surface area contributed by atoms with Crippen molar-refractivity contribution in [2.45, 2.75) is 0 Å². The smallest absolute Gasteiger partial charge is 0.271 e. The summed E-state index contributed by atoms with van der Waals surface area (Å²) in [5.74, 6) is -1.00. The van der Waals surface area contributed by atoms with E-state index in [0.29, 0.717) is 0 Å². The fourth-order valence-corrected chi connectivity index (χ4v) is 1.76. The van der Waals surface area contributed by atoms with Crippen LogP contribution >= 0.6 is 0 Å². The Kier molecular flexibility index (Phi) is 6.40. The van der Waals surface area contributed by atoms with Crippen LogP contribution in [-0.4, -0.2) is 30.3 Å². The summed E-state index contributed by atoms with van der Waals surface area (Å²) in [5.41, 5.74) is 0.116. The number of ether oxygens (including phenoxy) is 1. The Morgan fingerprint density at radius 3 is 2.80 bits per heavy atom. The predicted molar refractivity (Wildman–Crippen MR) is 88.1 cm³/mol. The minimum atomic E-state index is -0.615. The maximum absolute atomic E-state index is 13.3. The van der Waals surface area contributed by atoms with E-state index in [1.807, 2.05) is 0 Å². The van der Waals surface area contributed by atoms with Crippen molar-refractivity contribution in [3.63, 3.8) is 0 Å². The molecule has 9 heteroatoms. The fraction of sp³-hybridized carbons (Fsp3) is 0.125. The molecule has 0 radical (unpaired) electrons. The van der Waals surface area contributed by atoms with E-state index in [2.05, 4.69) is 10.5 Å². The van der Waals surface area contributed by atoms with Gasteiger partial charge in [-0.05, 0) is 18.2 Å². The summed E-state index contributed by atoms with van der Waals surface area (Å²) in [7, 11) is 0. The Bertz CT molecular complexity index is 782. The Morgan fingerprint density at radius 1 is 1.24 bits per heavy atom. The molecule has 130 valence electrons. The molecule has 0 spiro atoms. The molecule has 0 saturated heterocycles. The van der Waals surface area contributed by atoms with Crippen molar-refractivity contribution in [1.29, 1.82) is 0 Å². The average Bonchev–Trinajstić information content (AvgIpc) is 2.59.